The van der Waals surface area contributed by atoms with E-state index in [9.17, 15) is 4.39 Å². The third-order valence-corrected chi connectivity index (χ3v) is 2.64. The molecule has 0 radical (unpaired) electrons. The molecule has 0 aliphatic carbocycles. The lowest BCUT2D eigenvalue weighted by Gasteiger charge is -2.13. The van der Waals surface area contributed by atoms with Crippen molar-refractivity contribution < 1.29 is 9.13 Å². The van der Waals surface area contributed by atoms with Gasteiger partial charge in [-0.1, -0.05) is 24.3 Å². The van der Waals surface area contributed by atoms with Crippen molar-refractivity contribution in [3.63, 3.8) is 0 Å². The Morgan fingerprint density at radius 1 is 1.11 bits per heavy atom. The van der Waals surface area contributed by atoms with E-state index < -0.39 is 5.82 Å². The fourth-order valence-corrected chi connectivity index (χ4v) is 1.71. The van der Waals surface area contributed by atoms with E-state index in [2.05, 4.69) is 5.32 Å². The van der Waals surface area contributed by atoms with Gasteiger partial charge in [0, 0.05) is 18.4 Å². The highest BCUT2D eigenvalue weighted by Gasteiger charge is 2.06. The van der Waals surface area contributed by atoms with Crippen molar-refractivity contribution in [2.45, 2.75) is 6.61 Å². The monoisotopic (exact) mass is 246 g/mol. The van der Waals surface area contributed by atoms with Crippen molar-refractivity contribution in [1.82, 2.24) is 0 Å². The van der Waals surface area contributed by atoms with Crippen LogP contribution in [0, 0.1) is 5.82 Å². The van der Waals surface area contributed by atoms with Gasteiger partial charge in [-0.3, -0.25) is 0 Å². The second kappa shape index (κ2) is 5.51. The van der Waals surface area contributed by atoms with Crippen LogP contribution in [0.2, 0.25) is 0 Å². The summed E-state index contributed by atoms with van der Waals surface area (Å²) in [7, 11) is 1.63. The zero-order valence-corrected chi connectivity index (χ0v) is 10.1. The van der Waals surface area contributed by atoms with E-state index in [1.165, 1.54) is 6.07 Å². The van der Waals surface area contributed by atoms with E-state index in [0.717, 1.165) is 11.3 Å². The van der Waals surface area contributed by atoms with E-state index in [4.69, 9.17) is 10.5 Å². The van der Waals surface area contributed by atoms with Crippen LogP contribution in [0.4, 0.5) is 21.5 Å². The van der Waals surface area contributed by atoms with Crippen LogP contribution in [0.25, 0.3) is 0 Å². The number of hydrogen-bond donors (Lipinski definition) is 2. The summed E-state index contributed by atoms with van der Waals surface area (Å²) in [4.78, 5) is 0. The molecule has 0 unspecified atom stereocenters. The first-order chi connectivity index (χ1) is 8.72. The highest BCUT2D eigenvalue weighted by Crippen LogP contribution is 2.27. The third kappa shape index (κ3) is 2.60. The Bertz CT molecular complexity index is 543. The van der Waals surface area contributed by atoms with Crippen LogP contribution in [-0.4, -0.2) is 7.11 Å². The van der Waals surface area contributed by atoms with E-state index in [0.29, 0.717) is 12.3 Å². The lowest BCUT2D eigenvalue weighted by atomic mass is 10.1. The highest BCUT2D eigenvalue weighted by molar-refractivity contribution is 5.74. The Kier molecular flexibility index (Phi) is 3.79. The molecule has 0 heterocycles. The molecule has 18 heavy (non-hydrogen) atoms. The Balaban J connectivity index is 2.31. The smallest absolute Gasteiger partial charge is 0.148 e. The van der Waals surface area contributed by atoms with Crippen LogP contribution in [0.5, 0.6) is 0 Å². The van der Waals surface area contributed by atoms with Gasteiger partial charge in [0.15, 0.2) is 0 Å². The Hall–Kier alpha value is -2.07. The van der Waals surface area contributed by atoms with Crippen LogP contribution in [0.3, 0.4) is 0 Å². The summed E-state index contributed by atoms with van der Waals surface area (Å²) in [6, 6.07) is 12.4. The number of para-hydroxylation sites is 2. The number of rotatable bonds is 4. The Morgan fingerprint density at radius 2 is 1.83 bits per heavy atom. The van der Waals surface area contributed by atoms with Crippen molar-refractivity contribution >= 4 is 17.1 Å². The number of anilines is 3. The van der Waals surface area contributed by atoms with Gasteiger partial charge < -0.3 is 15.8 Å². The summed E-state index contributed by atoms with van der Waals surface area (Å²) in [5.74, 6) is -0.427. The molecule has 2 aromatic rings. The van der Waals surface area contributed by atoms with Crippen LogP contribution in [-0.2, 0) is 11.3 Å². The molecule has 0 amide bonds. The average Bonchev–Trinajstić information content (AvgIpc) is 2.37. The molecular formula is C14H15FN2O. The first-order valence-electron chi connectivity index (χ1n) is 5.60. The van der Waals surface area contributed by atoms with Gasteiger partial charge in [-0.25, -0.2) is 4.39 Å². The highest BCUT2D eigenvalue weighted by atomic mass is 19.1. The number of benzene rings is 2. The molecule has 0 spiro atoms. The minimum Gasteiger partial charge on any atom is -0.395 e. The van der Waals surface area contributed by atoms with Crippen LogP contribution in [0.1, 0.15) is 5.56 Å². The maximum Gasteiger partial charge on any atom is 0.148 e. The fourth-order valence-electron chi connectivity index (χ4n) is 1.71. The van der Waals surface area contributed by atoms with Gasteiger partial charge in [0.2, 0.25) is 0 Å². The number of halogens is 1. The zero-order valence-electron chi connectivity index (χ0n) is 10.1. The van der Waals surface area contributed by atoms with Gasteiger partial charge in [-0.15, -0.1) is 0 Å². The molecule has 3 N–H and O–H groups in total. The molecule has 0 aliphatic heterocycles. The van der Waals surface area contributed by atoms with Crippen LogP contribution >= 0.6 is 0 Å². The number of hydrogen-bond acceptors (Lipinski definition) is 3. The first-order valence-corrected chi connectivity index (χ1v) is 5.60. The maximum absolute atomic E-state index is 13.3. The molecule has 94 valence electrons. The van der Waals surface area contributed by atoms with Gasteiger partial charge in [0.25, 0.3) is 0 Å². The number of nitrogen functional groups attached to an aromatic ring is 1. The van der Waals surface area contributed by atoms with Crippen molar-refractivity contribution in [2.24, 2.45) is 0 Å². The molecule has 4 heteroatoms. The summed E-state index contributed by atoms with van der Waals surface area (Å²) in [6.45, 7) is 0.485. The maximum atomic E-state index is 13.3. The fraction of sp³-hybridized carbons (Fsp3) is 0.143. The summed E-state index contributed by atoms with van der Waals surface area (Å²) >= 11 is 0. The molecule has 0 fully saturated rings. The number of methoxy groups -OCH3 is 1. The van der Waals surface area contributed by atoms with Crippen molar-refractivity contribution in [1.29, 1.82) is 0 Å². The molecule has 2 rings (SSSR count). The van der Waals surface area contributed by atoms with Crippen LogP contribution < -0.4 is 11.1 Å². The predicted octanol–water partition coefficient (Wildman–Crippen LogP) is 3.30. The Labute approximate surface area is 105 Å². The summed E-state index contributed by atoms with van der Waals surface area (Å²) in [5.41, 5.74) is 8.20. The first kappa shape index (κ1) is 12.4. The standard InChI is InChI=1S/C14H15FN2O/c1-18-9-10-5-2-3-7-12(10)17-13-8-4-6-11(15)14(13)16/h2-8,17H,9,16H2,1H3. The molecule has 0 saturated carbocycles. The van der Waals surface area contributed by atoms with E-state index in [1.54, 1.807) is 19.2 Å². The van der Waals surface area contributed by atoms with E-state index >= 15 is 0 Å². The van der Waals surface area contributed by atoms with Gasteiger partial charge in [-0.05, 0) is 18.2 Å². The summed E-state index contributed by atoms with van der Waals surface area (Å²) < 4.78 is 18.5. The lowest BCUT2D eigenvalue weighted by Crippen LogP contribution is -2.01. The second-order valence-corrected chi connectivity index (χ2v) is 3.92. The van der Waals surface area contributed by atoms with Gasteiger partial charge in [0.05, 0.1) is 18.0 Å². The average molecular weight is 246 g/mol. The van der Waals surface area contributed by atoms with E-state index in [-0.39, 0.29) is 5.69 Å². The van der Waals surface area contributed by atoms with Gasteiger partial charge in [0.1, 0.15) is 5.82 Å². The molecule has 0 bridgehead atoms. The summed E-state index contributed by atoms with van der Waals surface area (Å²) in [6.07, 6.45) is 0. The molecule has 2 aromatic carbocycles. The molecule has 0 aromatic heterocycles. The second-order valence-electron chi connectivity index (χ2n) is 3.92. The minimum atomic E-state index is -0.427. The van der Waals surface area contributed by atoms with Crippen molar-refractivity contribution in [3.05, 3.63) is 53.8 Å². The third-order valence-electron chi connectivity index (χ3n) is 2.64. The normalized spacial score (nSPS) is 10.3. The van der Waals surface area contributed by atoms with Crippen molar-refractivity contribution in [3.8, 4) is 0 Å². The molecule has 0 atom stereocenters. The quantitative estimate of drug-likeness (QED) is 0.814. The lowest BCUT2D eigenvalue weighted by molar-refractivity contribution is 0.185. The van der Waals surface area contributed by atoms with Crippen LogP contribution in [0.15, 0.2) is 42.5 Å². The Morgan fingerprint density at radius 3 is 2.61 bits per heavy atom. The van der Waals surface area contributed by atoms with Gasteiger partial charge >= 0.3 is 0 Å². The SMILES string of the molecule is COCc1ccccc1Nc1cccc(F)c1N. The molecule has 0 aliphatic rings. The zero-order chi connectivity index (χ0) is 13.0. The predicted molar refractivity (Wildman–Crippen MR) is 71.3 cm³/mol. The molecular weight excluding hydrogens is 231 g/mol. The minimum absolute atomic E-state index is 0.115. The van der Waals surface area contributed by atoms with E-state index in [1.807, 2.05) is 24.3 Å². The topological polar surface area (TPSA) is 47.3 Å². The summed E-state index contributed by atoms with van der Waals surface area (Å²) in [5, 5.41) is 3.12. The molecule has 3 nitrogen and oxygen atoms in total. The number of nitrogens with two attached hydrogens (primary N) is 1. The number of nitrogens with one attached hydrogen (secondary N) is 1. The van der Waals surface area contributed by atoms with Gasteiger partial charge in [-0.2, -0.15) is 0 Å². The largest absolute Gasteiger partial charge is 0.395 e. The number of ether oxygens (including phenoxy) is 1. The van der Waals surface area contributed by atoms with Crippen molar-refractivity contribution in [2.75, 3.05) is 18.2 Å². The molecule has 0 saturated heterocycles.